The highest BCUT2D eigenvalue weighted by Crippen LogP contribution is 2.74. The second-order valence-electron chi connectivity index (χ2n) is 15.4. The number of hydrogen-bond donors (Lipinski definition) is 0. The standard InChI is InChI=1S/C37H54O3/c1-10-34(5)22-23-36(7)27(25(34)2)17-18-30-35(6)24-28(39-9)32(33(3,4)29(35)20-21-37(30,36)8)40-31(38)19-16-26-14-12-11-13-15-26/h11-17,19,25,28-30,32H,10,18,20-24H2,1-9H3/b19-16+/t25?,28-,29?,30?,32+,34+,35-,36+,37+/m0/s1. The molecule has 0 aliphatic heterocycles. The van der Waals surface area contributed by atoms with Crippen LogP contribution < -0.4 is 0 Å². The van der Waals surface area contributed by atoms with Gasteiger partial charge in [-0.1, -0.05) is 104 Å². The topological polar surface area (TPSA) is 35.5 Å². The Hall–Kier alpha value is -1.87. The molecular formula is C37H54O3. The Morgan fingerprint density at radius 3 is 2.35 bits per heavy atom. The van der Waals surface area contributed by atoms with Gasteiger partial charge in [-0.15, -0.1) is 0 Å². The Balaban J connectivity index is 1.44. The first-order valence-corrected chi connectivity index (χ1v) is 15.9. The Labute approximate surface area is 244 Å². The van der Waals surface area contributed by atoms with Crippen molar-refractivity contribution in [3.8, 4) is 0 Å². The van der Waals surface area contributed by atoms with E-state index in [9.17, 15) is 4.79 Å². The third-order valence-electron chi connectivity index (χ3n) is 13.7. The number of benzene rings is 1. The quantitative estimate of drug-likeness (QED) is 0.210. The highest BCUT2D eigenvalue weighted by Gasteiger charge is 2.68. The number of esters is 1. The molecule has 3 fully saturated rings. The van der Waals surface area contributed by atoms with E-state index in [1.54, 1.807) is 11.6 Å². The molecule has 0 saturated heterocycles. The van der Waals surface area contributed by atoms with E-state index in [0.29, 0.717) is 23.2 Å². The van der Waals surface area contributed by atoms with E-state index in [2.05, 4.69) is 61.5 Å². The molecule has 0 heterocycles. The number of rotatable bonds is 5. The summed E-state index contributed by atoms with van der Waals surface area (Å²) in [7, 11) is 1.81. The van der Waals surface area contributed by atoms with Crippen molar-refractivity contribution in [3.05, 3.63) is 53.6 Å². The zero-order valence-corrected chi connectivity index (χ0v) is 26.7. The van der Waals surface area contributed by atoms with E-state index in [-0.39, 0.29) is 39.8 Å². The second kappa shape index (κ2) is 10.1. The van der Waals surface area contributed by atoms with Crippen LogP contribution in [0.1, 0.15) is 106 Å². The normalized spacial score (nSPS) is 44.2. The third-order valence-corrected chi connectivity index (χ3v) is 13.7. The van der Waals surface area contributed by atoms with Gasteiger partial charge in [-0.3, -0.25) is 0 Å². The molecular weight excluding hydrogens is 492 g/mol. The second-order valence-corrected chi connectivity index (χ2v) is 15.4. The molecule has 4 aliphatic carbocycles. The molecule has 5 rings (SSSR count). The number of ether oxygens (including phenoxy) is 2. The predicted octanol–water partition coefficient (Wildman–Crippen LogP) is 9.28. The van der Waals surface area contributed by atoms with Crippen molar-refractivity contribution in [3.63, 3.8) is 0 Å². The molecule has 3 saturated carbocycles. The number of hydrogen-bond acceptors (Lipinski definition) is 3. The summed E-state index contributed by atoms with van der Waals surface area (Å²) in [5.41, 5.74) is 3.61. The van der Waals surface area contributed by atoms with Gasteiger partial charge in [0.15, 0.2) is 0 Å². The average molecular weight is 547 g/mol. The Kier molecular flexibility index (Phi) is 7.51. The van der Waals surface area contributed by atoms with Crippen molar-refractivity contribution in [2.24, 2.45) is 44.8 Å². The van der Waals surface area contributed by atoms with E-state index in [4.69, 9.17) is 9.47 Å². The Bertz CT molecular complexity index is 1170. The average Bonchev–Trinajstić information content (AvgIpc) is 2.92. The summed E-state index contributed by atoms with van der Waals surface area (Å²) in [6.07, 6.45) is 14.1. The van der Waals surface area contributed by atoms with Crippen LogP contribution in [0.2, 0.25) is 0 Å². The van der Waals surface area contributed by atoms with E-state index < -0.39 is 0 Å². The molecule has 40 heavy (non-hydrogen) atoms. The lowest BCUT2D eigenvalue weighted by molar-refractivity contribution is -0.241. The minimum atomic E-state index is -0.277. The molecule has 0 aromatic heterocycles. The van der Waals surface area contributed by atoms with Gasteiger partial charge in [0.1, 0.15) is 6.10 Å². The SMILES string of the molecule is CC[C@]1(C)CC[C@]2(C)C(=CCC3[C@@]4(C)C[C@H](OC)[C@@H](OC(=O)/C=C/c5ccccc5)C(C)(C)C4CC[C@]32C)C1C. The predicted molar refractivity (Wildman–Crippen MR) is 165 cm³/mol. The molecule has 1 aromatic rings. The molecule has 3 unspecified atom stereocenters. The van der Waals surface area contributed by atoms with Crippen molar-refractivity contribution >= 4 is 12.0 Å². The summed E-state index contributed by atoms with van der Waals surface area (Å²) in [4.78, 5) is 13.1. The largest absolute Gasteiger partial charge is 0.456 e. The smallest absolute Gasteiger partial charge is 0.331 e. The van der Waals surface area contributed by atoms with Crippen LogP contribution in [0, 0.1) is 44.8 Å². The maximum atomic E-state index is 13.1. The van der Waals surface area contributed by atoms with Gasteiger partial charge in [0.25, 0.3) is 0 Å². The zero-order valence-electron chi connectivity index (χ0n) is 26.7. The molecule has 0 spiro atoms. The maximum absolute atomic E-state index is 13.1. The summed E-state index contributed by atoms with van der Waals surface area (Å²) < 4.78 is 12.5. The van der Waals surface area contributed by atoms with Crippen LogP contribution in [0.15, 0.2) is 48.1 Å². The lowest BCUT2D eigenvalue weighted by Gasteiger charge is -2.71. The minimum Gasteiger partial charge on any atom is -0.456 e. The Morgan fingerprint density at radius 2 is 1.70 bits per heavy atom. The first-order valence-electron chi connectivity index (χ1n) is 15.9. The highest BCUT2D eigenvalue weighted by molar-refractivity contribution is 5.87. The first kappa shape index (κ1) is 29.6. The van der Waals surface area contributed by atoms with Gasteiger partial charge in [-0.2, -0.15) is 0 Å². The summed E-state index contributed by atoms with van der Waals surface area (Å²) >= 11 is 0. The summed E-state index contributed by atoms with van der Waals surface area (Å²) in [5, 5.41) is 0. The van der Waals surface area contributed by atoms with Crippen LogP contribution in [0.5, 0.6) is 0 Å². The van der Waals surface area contributed by atoms with Crippen molar-refractivity contribution < 1.29 is 14.3 Å². The van der Waals surface area contributed by atoms with E-state index >= 15 is 0 Å². The molecule has 3 heteroatoms. The van der Waals surface area contributed by atoms with Crippen LogP contribution >= 0.6 is 0 Å². The molecule has 3 nitrogen and oxygen atoms in total. The van der Waals surface area contributed by atoms with Crippen molar-refractivity contribution in [2.45, 2.75) is 113 Å². The van der Waals surface area contributed by atoms with Crippen LogP contribution in [0.3, 0.4) is 0 Å². The molecule has 9 atom stereocenters. The van der Waals surface area contributed by atoms with Gasteiger partial charge < -0.3 is 9.47 Å². The lowest BCUT2D eigenvalue weighted by atomic mass is 9.34. The maximum Gasteiger partial charge on any atom is 0.331 e. The lowest BCUT2D eigenvalue weighted by Crippen LogP contribution is -2.67. The zero-order chi connectivity index (χ0) is 29.1. The van der Waals surface area contributed by atoms with Crippen molar-refractivity contribution in [2.75, 3.05) is 7.11 Å². The molecule has 1 aromatic carbocycles. The first-order chi connectivity index (χ1) is 18.8. The minimum absolute atomic E-state index is 0.112. The van der Waals surface area contributed by atoms with Gasteiger partial charge in [-0.05, 0) is 89.6 Å². The van der Waals surface area contributed by atoms with E-state index in [0.717, 1.165) is 18.4 Å². The monoisotopic (exact) mass is 546 g/mol. The van der Waals surface area contributed by atoms with Gasteiger partial charge in [0.05, 0.1) is 6.10 Å². The Morgan fingerprint density at radius 1 is 1.00 bits per heavy atom. The molecule has 0 N–H and O–H groups in total. The van der Waals surface area contributed by atoms with Crippen LogP contribution in [0.4, 0.5) is 0 Å². The molecule has 0 bridgehead atoms. The fourth-order valence-corrected chi connectivity index (χ4v) is 10.7. The van der Waals surface area contributed by atoms with Crippen LogP contribution in [-0.2, 0) is 14.3 Å². The van der Waals surface area contributed by atoms with Crippen LogP contribution in [0.25, 0.3) is 6.08 Å². The molecule has 220 valence electrons. The number of carbonyl (C=O) groups is 1. The summed E-state index contributed by atoms with van der Waals surface area (Å²) in [5.74, 6) is 1.43. The number of methoxy groups -OCH3 is 1. The fourth-order valence-electron chi connectivity index (χ4n) is 10.7. The molecule has 0 amide bonds. The third kappa shape index (κ3) is 4.27. The van der Waals surface area contributed by atoms with Gasteiger partial charge in [0.2, 0.25) is 0 Å². The van der Waals surface area contributed by atoms with Crippen molar-refractivity contribution in [1.82, 2.24) is 0 Å². The van der Waals surface area contributed by atoms with Crippen LogP contribution in [-0.4, -0.2) is 25.3 Å². The number of fused-ring (bicyclic) bond motifs is 5. The van der Waals surface area contributed by atoms with Crippen molar-refractivity contribution in [1.29, 1.82) is 0 Å². The van der Waals surface area contributed by atoms with E-state index in [1.807, 2.05) is 43.5 Å². The molecule has 0 radical (unpaired) electrons. The highest BCUT2D eigenvalue weighted by atomic mass is 16.6. The number of carbonyl (C=O) groups excluding carboxylic acids is 1. The molecule has 4 aliphatic rings. The van der Waals surface area contributed by atoms with Gasteiger partial charge >= 0.3 is 5.97 Å². The van der Waals surface area contributed by atoms with Gasteiger partial charge in [-0.25, -0.2) is 4.79 Å². The number of allylic oxidation sites excluding steroid dienone is 2. The fraction of sp³-hybridized carbons (Fsp3) is 0.703. The van der Waals surface area contributed by atoms with E-state index in [1.165, 1.54) is 32.1 Å². The van der Waals surface area contributed by atoms with Gasteiger partial charge in [0, 0.05) is 18.6 Å². The summed E-state index contributed by atoms with van der Waals surface area (Å²) in [6, 6.07) is 9.94. The summed E-state index contributed by atoms with van der Waals surface area (Å²) in [6.45, 7) is 19.9.